The molecule has 0 fully saturated rings. The van der Waals surface area contributed by atoms with E-state index >= 15 is 0 Å². The van der Waals surface area contributed by atoms with Gasteiger partial charge >= 0.3 is 43.0 Å². The summed E-state index contributed by atoms with van der Waals surface area (Å²) in [6.45, 7) is 5.81. The molecule has 0 nitrogen and oxygen atoms in total. The van der Waals surface area contributed by atoms with Gasteiger partial charge < -0.3 is 0 Å². The van der Waals surface area contributed by atoms with Crippen LogP contribution in [0.1, 0.15) is 6.92 Å². The van der Waals surface area contributed by atoms with Crippen LogP contribution < -0.4 is 0 Å². The third kappa shape index (κ3) is 4.53. The van der Waals surface area contributed by atoms with E-state index in [1.54, 1.807) is 0 Å². The molecule has 0 spiro atoms. The molecular formula is C4H8Te. The van der Waals surface area contributed by atoms with Crippen molar-refractivity contribution in [3.05, 3.63) is 10.7 Å². The van der Waals surface area contributed by atoms with Gasteiger partial charge in [-0.15, -0.1) is 0 Å². The van der Waals surface area contributed by atoms with Gasteiger partial charge in [0.2, 0.25) is 0 Å². The Bertz CT molecular complexity index is 24.8. The van der Waals surface area contributed by atoms with Crippen molar-refractivity contribution in [1.82, 2.24) is 0 Å². The van der Waals surface area contributed by atoms with Crippen molar-refractivity contribution < 1.29 is 0 Å². The van der Waals surface area contributed by atoms with Crippen LogP contribution in [0.4, 0.5) is 0 Å². The molecule has 0 aromatic carbocycles. The molecule has 0 saturated heterocycles. The van der Waals surface area contributed by atoms with E-state index in [0.29, 0.717) is 0 Å². The van der Waals surface area contributed by atoms with Gasteiger partial charge in [0, 0.05) is 0 Å². The van der Waals surface area contributed by atoms with Crippen molar-refractivity contribution in [2.75, 3.05) is 0 Å². The maximum atomic E-state index is 3.61. The SMILES string of the molecule is C=C[Te]CC. The minimum absolute atomic E-state index is 0.257. The van der Waals surface area contributed by atoms with Crippen molar-refractivity contribution >= 4 is 20.9 Å². The van der Waals surface area contributed by atoms with Gasteiger partial charge in [-0.1, -0.05) is 0 Å². The van der Waals surface area contributed by atoms with Gasteiger partial charge in [-0.2, -0.15) is 0 Å². The summed E-state index contributed by atoms with van der Waals surface area (Å²) < 4.78 is 3.42. The molecule has 0 amide bonds. The summed E-state index contributed by atoms with van der Waals surface area (Å²) in [6.07, 6.45) is 0. The van der Waals surface area contributed by atoms with Gasteiger partial charge in [-0.25, -0.2) is 0 Å². The van der Waals surface area contributed by atoms with E-state index in [4.69, 9.17) is 0 Å². The zero-order chi connectivity index (χ0) is 4.12. The molecule has 0 unspecified atom stereocenters. The molecule has 0 N–H and O–H groups in total. The van der Waals surface area contributed by atoms with Crippen LogP contribution in [0.5, 0.6) is 0 Å². The van der Waals surface area contributed by atoms with E-state index in [-0.39, 0.29) is 20.9 Å². The monoisotopic (exact) mass is 186 g/mol. The Balaban J connectivity index is 2.40. The van der Waals surface area contributed by atoms with Crippen molar-refractivity contribution in [2.24, 2.45) is 0 Å². The van der Waals surface area contributed by atoms with Crippen LogP contribution in [0.15, 0.2) is 10.7 Å². The topological polar surface area (TPSA) is 0 Å². The van der Waals surface area contributed by atoms with E-state index in [1.165, 1.54) is 4.47 Å². The summed E-state index contributed by atoms with van der Waals surface area (Å²) in [5.41, 5.74) is 0. The molecule has 0 bridgehead atoms. The molecule has 0 aromatic rings. The third-order valence-corrected chi connectivity index (χ3v) is 1.91. The van der Waals surface area contributed by atoms with Crippen LogP contribution in [-0.4, -0.2) is 20.9 Å². The minimum atomic E-state index is 0.257. The molecule has 1 heteroatoms. The Morgan fingerprint density at radius 2 is 2.60 bits per heavy atom. The Kier molecular flexibility index (Phi) is 5.01. The molecule has 0 aliphatic heterocycles. The fraction of sp³-hybridized carbons (Fsp3) is 0.500. The molecule has 0 aromatic heterocycles. The van der Waals surface area contributed by atoms with Gasteiger partial charge in [0.1, 0.15) is 0 Å². The van der Waals surface area contributed by atoms with Crippen LogP contribution in [0.2, 0.25) is 4.47 Å². The molecule has 0 atom stereocenters. The van der Waals surface area contributed by atoms with Crippen LogP contribution in [-0.2, 0) is 0 Å². The van der Waals surface area contributed by atoms with E-state index in [0.717, 1.165) is 0 Å². The van der Waals surface area contributed by atoms with E-state index in [9.17, 15) is 0 Å². The second-order valence-electron chi connectivity index (χ2n) is 0.622. The average molecular weight is 184 g/mol. The quantitative estimate of drug-likeness (QED) is 0.566. The normalized spacial score (nSPS) is 7.40. The first-order valence-electron chi connectivity index (χ1n) is 1.64. The molecule has 0 radical (unpaired) electrons. The van der Waals surface area contributed by atoms with Crippen LogP contribution in [0.25, 0.3) is 0 Å². The summed E-state index contributed by atoms with van der Waals surface area (Å²) in [6, 6.07) is 0. The molecule has 30 valence electrons. The van der Waals surface area contributed by atoms with Crippen molar-refractivity contribution in [3.8, 4) is 0 Å². The fourth-order valence-electron chi connectivity index (χ4n) is 0.118. The van der Waals surface area contributed by atoms with Gasteiger partial charge in [0.15, 0.2) is 0 Å². The molecule has 5 heavy (non-hydrogen) atoms. The van der Waals surface area contributed by atoms with Crippen LogP contribution in [0, 0.1) is 0 Å². The predicted octanol–water partition coefficient (Wildman–Crippen LogP) is 1.27. The average Bonchev–Trinajstić information content (AvgIpc) is 1.41. The summed E-state index contributed by atoms with van der Waals surface area (Å²) in [5.74, 6) is 0. The number of hydrogen-bond acceptors (Lipinski definition) is 0. The Labute approximate surface area is 43.3 Å². The molecule has 0 aliphatic carbocycles. The van der Waals surface area contributed by atoms with Gasteiger partial charge in [0.25, 0.3) is 0 Å². The molecule has 0 rings (SSSR count). The number of hydrogen-bond donors (Lipinski definition) is 0. The standard InChI is InChI=1S/C4H8Te/c1-3-5-4-2/h3H,1,4H2,2H3. The number of rotatable bonds is 2. The van der Waals surface area contributed by atoms with Crippen LogP contribution >= 0.6 is 0 Å². The zero-order valence-electron chi connectivity index (χ0n) is 3.40. The summed E-state index contributed by atoms with van der Waals surface area (Å²) in [4.78, 5) is 0. The van der Waals surface area contributed by atoms with Gasteiger partial charge in [0.05, 0.1) is 0 Å². The Morgan fingerprint density at radius 3 is 2.60 bits per heavy atom. The fourth-order valence-corrected chi connectivity index (χ4v) is 0.791. The van der Waals surface area contributed by atoms with Crippen molar-refractivity contribution in [3.63, 3.8) is 0 Å². The molecule has 0 heterocycles. The van der Waals surface area contributed by atoms with E-state index in [2.05, 4.69) is 17.6 Å². The van der Waals surface area contributed by atoms with Gasteiger partial charge in [-0.3, -0.25) is 0 Å². The van der Waals surface area contributed by atoms with Crippen molar-refractivity contribution in [2.45, 2.75) is 11.4 Å². The van der Waals surface area contributed by atoms with Crippen molar-refractivity contribution in [1.29, 1.82) is 0 Å². The van der Waals surface area contributed by atoms with Crippen LogP contribution in [0.3, 0.4) is 0 Å². The third-order valence-electron chi connectivity index (χ3n) is 0.285. The van der Waals surface area contributed by atoms with Gasteiger partial charge in [-0.05, 0) is 0 Å². The second-order valence-corrected chi connectivity index (χ2v) is 4.17. The summed E-state index contributed by atoms with van der Waals surface area (Å²) >= 11 is 0.257. The first-order valence-corrected chi connectivity index (χ1v) is 4.63. The molecule has 0 saturated carbocycles. The Hall–Kier alpha value is 0.530. The first-order chi connectivity index (χ1) is 2.41. The van der Waals surface area contributed by atoms with E-state index < -0.39 is 0 Å². The zero-order valence-corrected chi connectivity index (χ0v) is 5.73. The predicted molar refractivity (Wildman–Crippen MR) is 26.4 cm³/mol. The first kappa shape index (κ1) is 5.53. The van der Waals surface area contributed by atoms with E-state index in [1.807, 2.05) is 0 Å². The summed E-state index contributed by atoms with van der Waals surface area (Å²) in [5, 5.41) is 0. The maximum absolute atomic E-state index is 3.61. The molecule has 0 aliphatic rings. The second kappa shape index (κ2) is 4.53. The summed E-state index contributed by atoms with van der Waals surface area (Å²) in [7, 11) is 0. The molecular weight excluding hydrogens is 176 g/mol. The Morgan fingerprint density at radius 1 is 2.00 bits per heavy atom.